The van der Waals surface area contributed by atoms with Crippen molar-refractivity contribution in [2.24, 2.45) is 5.73 Å². The minimum absolute atomic E-state index is 0.306. The summed E-state index contributed by atoms with van der Waals surface area (Å²) >= 11 is 0.306. The molecule has 0 radical (unpaired) electrons. The topological polar surface area (TPSA) is 94.0 Å². The molecule has 0 fully saturated rings. The Labute approximate surface area is 44.0 Å². The van der Waals surface area contributed by atoms with E-state index in [1.807, 2.05) is 0 Å². The van der Waals surface area contributed by atoms with Gasteiger partial charge in [-0.3, -0.25) is 5.41 Å². The summed E-state index contributed by atoms with van der Waals surface area (Å²) in [5.41, 5.74) is 4.70. The van der Waals surface area contributed by atoms with Crippen LogP contribution in [0, 0.1) is 10.2 Å². The van der Waals surface area contributed by atoms with Gasteiger partial charge in [-0.2, -0.15) is 0 Å². The van der Waals surface area contributed by atoms with Crippen LogP contribution in [-0.2, 0) is 11.1 Å². The third-order valence-corrected chi connectivity index (χ3v) is 0.740. The minimum Gasteiger partial charge on any atom is -0.381 e. The van der Waals surface area contributed by atoms with Gasteiger partial charge in [-0.05, 0) is 11.1 Å². The van der Waals surface area contributed by atoms with E-state index in [-0.39, 0.29) is 0 Å². The summed E-state index contributed by atoms with van der Waals surface area (Å²) in [6, 6.07) is 0. The van der Waals surface area contributed by atoms with Crippen molar-refractivity contribution in [1.82, 2.24) is 0 Å². The van der Waals surface area contributed by atoms with Crippen LogP contribution in [0.15, 0.2) is 0 Å². The monoisotopic (exact) mass is 119 g/mol. The van der Waals surface area contributed by atoms with Crippen molar-refractivity contribution in [1.29, 1.82) is 10.2 Å². The lowest BCUT2D eigenvalue weighted by Crippen LogP contribution is -2.20. The number of aliphatic hydroxyl groups is 1. The lowest BCUT2D eigenvalue weighted by molar-refractivity contribution is 0.577. The number of rotatable bonds is 0. The first-order valence-corrected chi connectivity index (χ1v) is 2.24. The Morgan fingerprint density at radius 1 is 1.71 bits per heavy atom. The van der Waals surface area contributed by atoms with Crippen molar-refractivity contribution >= 4 is 22.0 Å². The summed E-state index contributed by atoms with van der Waals surface area (Å²) < 4.78 is 6.35. The number of hydrogen-bond acceptors (Lipinski definition) is 2. The maximum atomic E-state index is 8.28. The van der Waals surface area contributed by atoms with Gasteiger partial charge in [0.05, 0.1) is 0 Å². The van der Waals surface area contributed by atoms with E-state index in [1.165, 1.54) is 0 Å². The molecule has 0 aromatic heterocycles. The van der Waals surface area contributed by atoms with Crippen LogP contribution in [0.25, 0.3) is 0 Å². The molecule has 0 rings (SSSR count). The predicted octanol–water partition coefficient (Wildman–Crippen LogP) is -0.545. The van der Waals surface area contributed by atoms with Gasteiger partial charge in [0.2, 0.25) is 0 Å². The first kappa shape index (κ1) is 6.32. The third kappa shape index (κ3) is 2.07. The highest BCUT2D eigenvalue weighted by Gasteiger charge is 1.89. The second-order valence-electron chi connectivity index (χ2n) is 0.821. The molecule has 0 amide bonds. The maximum Gasteiger partial charge on any atom is 0.186 e. The summed E-state index contributed by atoms with van der Waals surface area (Å²) in [6.07, 6.45) is 0. The molecule has 0 aromatic carbocycles. The average molecular weight is 119 g/mol. The second-order valence-corrected chi connectivity index (χ2v) is 1.41. The van der Waals surface area contributed by atoms with Gasteiger partial charge in [-0.25, -0.2) is 4.78 Å². The molecule has 0 spiro atoms. The summed E-state index contributed by atoms with van der Waals surface area (Å²) in [5.74, 6) is -0.458. The first-order valence-electron chi connectivity index (χ1n) is 1.42. The van der Waals surface area contributed by atoms with Gasteiger partial charge in [-0.1, -0.05) is 0 Å². The van der Waals surface area contributed by atoms with Gasteiger partial charge in [0.25, 0.3) is 0 Å². The molecule has 0 saturated heterocycles. The fraction of sp³-hybridized carbons (Fsp3) is 0. The Kier molecular flexibility index (Phi) is 2.24. The predicted molar refractivity (Wildman–Crippen MR) is 29.6 cm³/mol. The van der Waals surface area contributed by atoms with Gasteiger partial charge in [-0.15, -0.1) is 0 Å². The number of amidine groups is 1. The van der Waals surface area contributed by atoms with Crippen LogP contribution in [0.3, 0.4) is 0 Å². The fourth-order valence-corrected chi connectivity index (χ4v) is 0.165. The maximum absolute atomic E-state index is 8.28. The molecule has 0 aromatic rings. The van der Waals surface area contributed by atoms with E-state index in [9.17, 15) is 0 Å². The van der Waals surface area contributed by atoms with Crippen LogP contribution in [-0.4, -0.2) is 16.0 Å². The van der Waals surface area contributed by atoms with Gasteiger partial charge in [0.15, 0.2) is 10.9 Å². The first-order chi connectivity index (χ1) is 3.18. The SMILES string of the molecule is N=S=C(O)C(=N)N. The zero-order valence-corrected chi connectivity index (χ0v) is 4.25. The molecule has 5 N–H and O–H groups in total. The third-order valence-electron chi connectivity index (χ3n) is 0.327. The number of hydrogen-bond donors (Lipinski definition) is 4. The lowest BCUT2D eigenvalue weighted by atomic mass is 10.7. The molecule has 0 saturated carbocycles. The van der Waals surface area contributed by atoms with Crippen molar-refractivity contribution in [2.45, 2.75) is 0 Å². The van der Waals surface area contributed by atoms with Crippen LogP contribution < -0.4 is 5.73 Å². The number of aliphatic hydroxyl groups excluding tert-OH is 1. The summed E-state index contributed by atoms with van der Waals surface area (Å²) in [4.78, 5) is 0. The smallest absolute Gasteiger partial charge is 0.186 e. The van der Waals surface area contributed by atoms with E-state index in [0.29, 0.717) is 11.1 Å². The molecule has 0 unspecified atom stereocenters. The van der Waals surface area contributed by atoms with Crippen molar-refractivity contribution in [3.05, 3.63) is 0 Å². The van der Waals surface area contributed by atoms with Crippen LogP contribution in [0.4, 0.5) is 0 Å². The summed E-state index contributed by atoms with van der Waals surface area (Å²) in [6.45, 7) is 0. The highest BCUT2D eigenvalue weighted by molar-refractivity contribution is 7.69. The standard InChI is InChI=1S/C2H5N3OS/c3-1(4)2(6)7-5/h5-6H,(H3,3,4). The molecule has 4 nitrogen and oxygen atoms in total. The largest absolute Gasteiger partial charge is 0.381 e. The Morgan fingerprint density at radius 3 is 2.14 bits per heavy atom. The van der Waals surface area contributed by atoms with Crippen molar-refractivity contribution in [2.75, 3.05) is 0 Å². The van der Waals surface area contributed by atoms with E-state index in [1.54, 1.807) is 0 Å². The van der Waals surface area contributed by atoms with Crippen molar-refractivity contribution < 1.29 is 5.11 Å². The summed E-state index contributed by atoms with van der Waals surface area (Å²) in [5, 5.41) is 14.3. The highest BCUT2D eigenvalue weighted by Crippen LogP contribution is 1.57. The molecular formula is C2H5N3OS. The molecule has 0 atom stereocenters. The number of nitrogens with two attached hydrogens (primary N) is 1. The Balaban J connectivity index is 4.10. The molecule has 7 heavy (non-hydrogen) atoms. The molecule has 5 heteroatoms. The van der Waals surface area contributed by atoms with E-state index >= 15 is 0 Å². The molecular weight excluding hydrogens is 114 g/mol. The molecule has 0 aliphatic carbocycles. The molecule has 40 valence electrons. The van der Waals surface area contributed by atoms with Gasteiger partial charge in [0, 0.05) is 0 Å². The van der Waals surface area contributed by atoms with E-state index in [4.69, 9.17) is 21.0 Å². The van der Waals surface area contributed by atoms with Crippen LogP contribution >= 0.6 is 0 Å². The number of nitrogens with one attached hydrogen (secondary N) is 2. The van der Waals surface area contributed by atoms with Crippen LogP contribution in [0.1, 0.15) is 0 Å². The molecule has 0 aliphatic heterocycles. The average Bonchev–Trinajstić information content (AvgIpc) is 1.65. The van der Waals surface area contributed by atoms with Crippen molar-refractivity contribution in [3.8, 4) is 0 Å². The zero-order chi connectivity index (χ0) is 5.86. The van der Waals surface area contributed by atoms with Crippen LogP contribution in [0.5, 0.6) is 0 Å². The lowest BCUT2D eigenvalue weighted by Gasteiger charge is -1.83. The highest BCUT2D eigenvalue weighted by atomic mass is 32.1. The Hall–Kier alpha value is -0.680. The van der Waals surface area contributed by atoms with Crippen molar-refractivity contribution in [3.63, 3.8) is 0 Å². The fourth-order valence-electron chi connectivity index (χ4n) is 0.0550. The minimum atomic E-state index is -0.458. The Morgan fingerprint density at radius 2 is 2.14 bits per heavy atom. The van der Waals surface area contributed by atoms with E-state index in [0.717, 1.165) is 0 Å². The normalized spacial score (nSPS) is 7.57. The quantitative estimate of drug-likeness (QED) is 0.196. The zero-order valence-electron chi connectivity index (χ0n) is 3.43. The molecule has 0 bridgehead atoms. The molecule has 0 heterocycles. The van der Waals surface area contributed by atoms with Gasteiger partial charge in [0.1, 0.15) is 0 Å². The second kappa shape index (κ2) is 2.49. The van der Waals surface area contributed by atoms with Crippen LogP contribution in [0.2, 0.25) is 0 Å². The molecule has 0 aliphatic rings. The van der Waals surface area contributed by atoms with E-state index in [2.05, 4.69) is 0 Å². The van der Waals surface area contributed by atoms with Gasteiger partial charge < -0.3 is 10.8 Å². The van der Waals surface area contributed by atoms with E-state index < -0.39 is 10.9 Å². The Bertz CT molecular complexity index is 136. The summed E-state index contributed by atoms with van der Waals surface area (Å²) in [7, 11) is 0. The van der Waals surface area contributed by atoms with Gasteiger partial charge >= 0.3 is 0 Å².